The van der Waals surface area contributed by atoms with Crippen LogP contribution in [0, 0.1) is 0 Å². The van der Waals surface area contributed by atoms with Gasteiger partial charge in [-0.25, -0.2) is 0 Å². The summed E-state index contributed by atoms with van der Waals surface area (Å²) in [6, 6.07) is 9.65. The molecule has 0 atom stereocenters. The van der Waals surface area contributed by atoms with Crippen LogP contribution in [0.15, 0.2) is 36.4 Å². The van der Waals surface area contributed by atoms with Gasteiger partial charge in [0.15, 0.2) is 0 Å². The Hall–Kier alpha value is -1.68. The quantitative estimate of drug-likeness (QED) is 0.576. The molecule has 2 rings (SSSR count). The second-order valence-corrected chi connectivity index (χ2v) is 3.70. The second-order valence-electron chi connectivity index (χ2n) is 3.35. The maximum atomic E-state index is 11.7. The number of ether oxygens (including phenoxy) is 1. The van der Waals surface area contributed by atoms with Gasteiger partial charge in [0.25, 0.3) is 11.1 Å². The van der Waals surface area contributed by atoms with Crippen LogP contribution in [0.3, 0.4) is 0 Å². The van der Waals surface area contributed by atoms with Crippen LogP contribution in [0.1, 0.15) is 5.56 Å². The van der Waals surface area contributed by atoms with E-state index in [-0.39, 0.29) is 11.1 Å². The number of nitrogens with zero attached hydrogens (tertiary/aromatic N) is 1. The van der Waals surface area contributed by atoms with E-state index in [9.17, 15) is 4.79 Å². The van der Waals surface area contributed by atoms with Crippen molar-refractivity contribution in [2.24, 2.45) is 0 Å². The van der Waals surface area contributed by atoms with Crippen LogP contribution in [-0.4, -0.2) is 29.1 Å². The molecule has 0 spiro atoms. The number of hydrogen-bond acceptors (Lipinski definition) is 3. The number of amides is 1. The van der Waals surface area contributed by atoms with Crippen molar-refractivity contribution in [1.82, 2.24) is 4.90 Å². The molecular formula is C12H11NO2S. The lowest BCUT2D eigenvalue weighted by atomic mass is 10.2. The molecule has 0 unspecified atom stereocenters. The average molecular weight is 233 g/mol. The van der Waals surface area contributed by atoms with E-state index in [0.717, 1.165) is 5.56 Å². The molecule has 1 saturated heterocycles. The lowest BCUT2D eigenvalue weighted by Crippen LogP contribution is -2.29. The lowest BCUT2D eigenvalue weighted by Gasteiger charge is -2.08. The third-order valence-electron chi connectivity index (χ3n) is 2.24. The van der Waals surface area contributed by atoms with Gasteiger partial charge in [0.2, 0.25) is 0 Å². The van der Waals surface area contributed by atoms with Crippen molar-refractivity contribution in [3.63, 3.8) is 0 Å². The average Bonchev–Trinajstić information content (AvgIpc) is 2.74. The first kappa shape index (κ1) is 10.8. The Balaban J connectivity index is 2.02. The SMILES string of the molecule is O=C(/C=C/c1ccccc1)N1CCOC1=S. The molecule has 3 nitrogen and oxygen atoms in total. The summed E-state index contributed by atoms with van der Waals surface area (Å²) in [5.41, 5.74) is 0.988. The summed E-state index contributed by atoms with van der Waals surface area (Å²) in [6.07, 6.45) is 3.28. The summed E-state index contributed by atoms with van der Waals surface area (Å²) >= 11 is 4.90. The molecule has 1 amide bonds. The number of carbonyl (C=O) groups excluding carboxylic acids is 1. The fraction of sp³-hybridized carbons (Fsp3) is 0.167. The van der Waals surface area contributed by atoms with Gasteiger partial charge < -0.3 is 4.74 Å². The molecule has 0 saturated carbocycles. The van der Waals surface area contributed by atoms with Crippen molar-refractivity contribution in [3.8, 4) is 0 Å². The highest BCUT2D eigenvalue weighted by molar-refractivity contribution is 7.80. The molecule has 1 heterocycles. The molecule has 82 valence electrons. The van der Waals surface area contributed by atoms with Gasteiger partial charge in [-0.1, -0.05) is 30.3 Å². The van der Waals surface area contributed by atoms with E-state index in [0.29, 0.717) is 13.2 Å². The third-order valence-corrected chi connectivity index (χ3v) is 2.58. The molecule has 1 aliphatic heterocycles. The summed E-state index contributed by atoms with van der Waals surface area (Å²) in [6.45, 7) is 1.03. The van der Waals surface area contributed by atoms with Crippen LogP contribution in [0.25, 0.3) is 6.08 Å². The van der Waals surface area contributed by atoms with Crippen LogP contribution < -0.4 is 0 Å². The summed E-state index contributed by atoms with van der Waals surface area (Å²) < 4.78 is 5.04. The van der Waals surface area contributed by atoms with Gasteiger partial charge in [0.05, 0.1) is 6.54 Å². The summed E-state index contributed by atoms with van der Waals surface area (Å²) in [5.74, 6) is -0.133. The maximum absolute atomic E-state index is 11.7. The Morgan fingerprint density at radius 1 is 1.38 bits per heavy atom. The minimum Gasteiger partial charge on any atom is -0.469 e. The minimum absolute atomic E-state index is 0.133. The molecule has 1 aromatic rings. The van der Waals surface area contributed by atoms with E-state index in [4.69, 9.17) is 17.0 Å². The van der Waals surface area contributed by atoms with Gasteiger partial charge in [-0.15, -0.1) is 0 Å². The second kappa shape index (κ2) is 4.90. The molecule has 0 aliphatic carbocycles. The van der Waals surface area contributed by atoms with Gasteiger partial charge in [-0.3, -0.25) is 9.69 Å². The summed E-state index contributed by atoms with van der Waals surface area (Å²) in [5, 5.41) is 0.266. The zero-order chi connectivity index (χ0) is 11.4. The maximum Gasteiger partial charge on any atom is 0.266 e. The summed E-state index contributed by atoms with van der Waals surface area (Å²) in [4.78, 5) is 13.2. The molecule has 0 aromatic heterocycles. The van der Waals surface area contributed by atoms with Crippen molar-refractivity contribution in [1.29, 1.82) is 0 Å². The van der Waals surface area contributed by atoms with Gasteiger partial charge >= 0.3 is 0 Å². The van der Waals surface area contributed by atoms with Crippen LogP contribution in [-0.2, 0) is 9.53 Å². The van der Waals surface area contributed by atoms with Gasteiger partial charge in [0.1, 0.15) is 6.61 Å². The van der Waals surface area contributed by atoms with E-state index < -0.39 is 0 Å². The van der Waals surface area contributed by atoms with Crippen molar-refractivity contribution in [3.05, 3.63) is 42.0 Å². The van der Waals surface area contributed by atoms with Crippen molar-refractivity contribution < 1.29 is 9.53 Å². The molecule has 0 bridgehead atoms. The summed E-state index contributed by atoms with van der Waals surface area (Å²) in [7, 11) is 0. The Bertz CT molecular complexity index is 428. The molecule has 4 heteroatoms. The van der Waals surface area contributed by atoms with E-state index in [1.165, 1.54) is 11.0 Å². The highest BCUT2D eigenvalue weighted by Gasteiger charge is 2.22. The van der Waals surface area contributed by atoms with E-state index in [2.05, 4.69) is 0 Å². The van der Waals surface area contributed by atoms with Crippen molar-refractivity contribution in [2.45, 2.75) is 0 Å². The predicted octanol–water partition coefficient (Wildman–Crippen LogP) is 1.84. The third kappa shape index (κ3) is 2.46. The molecule has 1 fully saturated rings. The molecule has 1 aromatic carbocycles. The number of benzene rings is 1. The Morgan fingerprint density at radius 3 is 2.75 bits per heavy atom. The van der Waals surface area contributed by atoms with Crippen LogP contribution in [0.4, 0.5) is 0 Å². The molecule has 0 radical (unpaired) electrons. The number of carbonyl (C=O) groups is 1. The highest BCUT2D eigenvalue weighted by Crippen LogP contribution is 2.07. The van der Waals surface area contributed by atoms with Gasteiger partial charge in [-0.05, 0) is 23.9 Å². The first-order valence-electron chi connectivity index (χ1n) is 4.99. The molecule has 16 heavy (non-hydrogen) atoms. The zero-order valence-electron chi connectivity index (χ0n) is 8.63. The molecule has 1 aliphatic rings. The van der Waals surface area contributed by atoms with E-state index in [1.807, 2.05) is 30.3 Å². The Morgan fingerprint density at radius 2 is 2.12 bits per heavy atom. The first-order chi connectivity index (χ1) is 7.77. The predicted molar refractivity (Wildman–Crippen MR) is 65.7 cm³/mol. The van der Waals surface area contributed by atoms with Crippen LogP contribution in [0.5, 0.6) is 0 Å². The van der Waals surface area contributed by atoms with Gasteiger partial charge in [0, 0.05) is 6.08 Å². The lowest BCUT2D eigenvalue weighted by molar-refractivity contribution is -0.121. The largest absolute Gasteiger partial charge is 0.469 e. The van der Waals surface area contributed by atoms with Crippen LogP contribution in [0.2, 0.25) is 0 Å². The van der Waals surface area contributed by atoms with Crippen molar-refractivity contribution >= 4 is 29.4 Å². The van der Waals surface area contributed by atoms with E-state index >= 15 is 0 Å². The van der Waals surface area contributed by atoms with Gasteiger partial charge in [-0.2, -0.15) is 0 Å². The fourth-order valence-electron chi connectivity index (χ4n) is 1.42. The van der Waals surface area contributed by atoms with Crippen molar-refractivity contribution in [2.75, 3.05) is 13.2 Å². The normalized spacial score (nSPS) is 15.5. The number of hydrogen-bond donors (Lipinski definition) is 0. The number of thiocarbonyl (C=S) groups is 1. The Kier molecular flexibility index (Phi) is 3.31. The van der Waals surface area contributed by atoms with Crippen LogP contribution >= 0.6 is 12.2 Å². The fourth-order valence-corrected chi connectivity index (χ4v) is 1.68. The number of rotatable bonds is 2. The Labute approximate surface area is 99.3 Å². The molecule has 0 N–H and O–H groups in total. The minimum atomic E-state index is -0.133. The topological polar surface area (TPSA) is 29.5 Å². The highest BCUT2D eigenvalue weighted by atomic mass is 32.1. The van der Waals surface area contributed by atoms with E-state index in [1.54, 1.807) is 6.08 Å². The smallest absolute Gasteiger partial charge is 0.266 e. The monoisotopic (exact) mass is 233 g/mol. The standard InChI is InChI=1S/C12H11NO2S/c14-11(13-8-9-15-12(13)16)7-6-10-4-2-1-3-5-10/h1-7H,8-9H2/b7-6+. The first-order valence-corrected chi connectivity index (χ1v) is 5.39. The zero-order valence-corrected chi connectivity index (χ0v) is 9.44. The molecular weight excluding hydrogens is 222 g/mol.